The first kappa shape index (κ1) is 17.0. The number of nitrogens with one attached hydrogen (secondary N) is 1. The highest BCUT2D eigenvalue weighted by Crippen LogP contribution is 2.32. The van der Waals surface area contributed by atoms with Crippen LogP contribution in [0, 0.1) is 5.82 Å². The van der Waals surface area contributed by atoms with Crippen molar-refractivity contribution in [1.82, 2.24) is 5.32 Å². The first-order chi connectivity index (χ1) is 9.40. The Labute approximate surface area is 117 Å². The standard InChI is InChI=1S/C15H21F4N/c1-3-5-6-14(20-9-4-2)12-10-11(15(17,18)19)7-8-13(12)16/h7-8,10,14,20H,3-6,9H2,1-2H3. The predicted octanol–water partition coefficient (Wildman–Crippen LogP) is 5.08. The van der Waals surface area contributed by atoms with Crippen LogP contribution in [0.5, 0.6) is 0 Å². The zero-order chi connectivity index (χ0) is 15.2. The Morgan fingerprint density at radius 1 is 1.15 bits per heavy atom. The average molecular weight is 291 g/mol. The number of halogens is 4. The molecule has 0 radical (unpaired) electrons. The molecule has 0 bridgehead atoms. The number of hydrogen-bond acceptors (Lipinski definition) is 1. The van der Waals surface area contributed by atoms with Gasteiger partial charge in [-0.25, -0.2) is 4.39 Å². The fourth-order valence-corrected chi connectivity index (χ4v) is 2.08. The van der Waals surface area contributed by atoms with Gasteiger partial charge in [-0.15, -0.1) is 0 Å². The van der Waals surface area contributed by atoms with Crippen LogP contribution in [0.25, 0.3) is 0 Å². The molecule has 0 aliphatic heterocycles. The summed E-state index contributed by atoms with van der Waals surface area (Å²) in [4.78, 5) is 0. The molecule has 114 valence electrons. The quantitative estimate of drug-likeness (QED) is 0.691. The lowest BCUT2D eigenvalue weighted by Gasteiger charge is -2.20. The fourth-order valence-electron chi connectivity index (χ4n) is 2.08. The van der Waals surface area contributed by atoms with Gasteiger partial charge in [-0.2, -0.15) is 13.2 Å². The Morgan fingerprint density at radius 2 is 1.85 bits per heavy atom. The van der Waals surface area contributed by atoms with Crippen molar-refractivity contribution in [2.24, 2.45) is 0 Å². The Bertz CT molecular complexity index is 407. The van der Waals surface area contributed by atoms with Gasteiger partial charge in [0.05, 0.1) is 5.56 Å². The summed E-state index contributed by atoms with van der Waals surface area (Å²) in [5.41, 5.74) is -0.685. The molecule has 1 aromatic rings. The molecule has 0 amide bonds. The molecule has 0 spiro atoms. The smallest absolute Gasteiger partial charge is 0.310 e. The highest BCUT2D eigenvalue weighted by Gasteiger charge is 2.31. The Balaban J connectivity index is 3.03. The third-order valence-corrected chi connectivity index (χ3v) is 3.19. The van der Waals surface area contributed by atoms with E-state index in [0.29, 0.717) is 13.0 Å². The van der Waals surface area contributed by atoms with E-state index < -0.39 is 17.6 Å². The van der Waals surface area contributed by atoms with E-state index in [1.54, 1.807) is 0 Å². The fraction of sp³-hybridized carbons (Fsp3) is 0.600. The summed E-state index contributed by atoms with van der Waals surface area (Å²) in [6, 6.07) is 2.26. The van der Waals surface area contributed by atoms with Gasteiger partial charge in [0, 0.05) is 11.6 Å². The molecule has 0 saturated carbocycles. The summed E-state index contributed by atoms with van der Waals surface area (Å²) in [5.74, 6) is -0.581. The molecule has 1 rings (SSSR count). The molecule has 0 aliphatic carbocycles. The highest BCUT2D eigenvalue weighted by atomic mass is 19.4. The van der Waals surface area contributed by atoms with E-state index >= 15 is 0 Å². The van der Waals surface area contributed by atoms with Crippen LogP contribution >= 0.6 is 0 Å². The molecule has 1 nitrogen and oxygen atoms in total. The van der Waals surface area contributed by atoms with Gasteiger partial charge in [0.15, 0.2) is 0 Å². The van der Waals surface area contributed by atoms with Crippen molar-refractivity contribution in [3.63, 3.8) is 0 Å². The van der Waals surface area contributed by atoms with Crippen LogP contribution in [0.1, 0.15) is 56.7 Å². The zero-order valence-electron chi connectivity index (χ0n) is 11.9. The monoisotopic (exact) mass is 291 g/mol. The Morgan fingerprint density at radius 3 is 2.40 bits per heavy atom. The SMILES string of the molecule is CCCCC(NCCC)c1cc(C(F)(F)F)ccc1F. The van der Waals surface area contributed by atoms with Crippen molar-refractivity contribution in [1.29, 1.82) is 0 Å². The molecule has 20 heavy (non-hydrogen) atoms. The van der Waals surface area contributed by atoms with Crippen LogP contribution in [0.2, 0.25) is 0 Å². The molecule has 5 heteroatoms. The topological polar surface area (TPSA) is 12.0 Å². The Kier molecular flexibility index (Phi) is 6.46. The second kappa shape index (κ2) is 7.62. The van der Waals surface area contributed by atoms with E-state index in [9.17, 15) is 17.6 Å². The van der Waals surface area contributed by atoms with E-state index in [4.69, 9.17) is 0 Å². The normalized spacial score (nSPS) is 13.5. The summed E-state index contributed by atoms with van der Waals surface area (Å²) in [7, 11) is 0. The van der Waals surface area contributed by atoms with E-state index in [1.807, 2.05) is 13.8 Å². The van der Waals surface area contributed by atoms with Gasteiger partial charge < -0.3 is 5.32 Å². The van der Waals surface area contributed by atoms with Crippen molar-refractivity contribution < 1.29 is 17.6 Å². The molecule has 0 aliphatic rings. The van der Waals surface area contributed by atoms with Crippen LogP contribution in [0.15, 0.2) is 18.2 Å². The van der Waals surface area contributed by atoms with Gasteiger partial charge in [-0.05, 0) is 37.6 Å². The van der Waals surface area contributed by atoms with E-state index in [-0.39, 0.29) is 11.6 Å². The summed E-state index contributed by atoms with van der Waals surface area (Å²) < 4.78 is 52.0. The average Bonchev–Trinajstić information content (AvgIpc) is 2.39. The summed E-state index contributed by atoms with van der Waals surface area (Å²) in [6.45, 7) is 4.62. The van der Waals surface area contributed by atoms with Gasteiger partial charge in [-0.3, -0.25) is 0 Å². The third-order valence-electron chi connectivity index (χ3n) is 3.19. The number of benzene rings is 1. The Hall–Kier alpha value is -1.10. The number of alkyl halides is 3. The van der Waals surface area contributed by atoms with Crippen LogP contribution in [-0.2, 0) is 6.18 Å². The maximum Gasteiger partial charge on any atom is 0.416 e. The molecular weight excluding hydrogens is 270 g/mol. The second-order valence-corrected chi connectivity index (χ2v) is 4.88. The van der Waals surface area contributed by atoms with E-state index in [0.717, 1.165) is 37.5 Å². The second-order valence-electron chi connectivity index (χ2n) is 4.88. The number of unbranched alkanes of at least 4 members (excludes halogenated alkanes) is 1. The van der Waals surface area contributed by atoms with Gasteiger partial charge >= 0.3 is 6.18 Å². The van der Waals surface area contributed by atoms with Crippen molar-refractivity contribution in [3.05, 3.63) is 35.1 Å². The zero-order valence-corrected chi connectivity index (χ0v) is 11.9. The minimum atomic E-state index is -4.44. The largest absolute Gasteiger partial charge is 0.416 e. The predicted molar refractivity (Wildman–Crippen MR) is 72.0 cm³/mol. The molecule has 1 aromatic carbocycles. The molecule has 0 heterocycles. The molecule has 0 saturated heterocycles. The molecule has 1 unspecified atom stereocenters. The molecule has 1 atom stereocenters. The van der Waals surface area contributed by atoms with Crippen LogP contribution in [0.4, 0.5) is 17.6 Å². The third kappa shape index (κ3) is 4.78. The number of rotatable bonds is 7. The minimum absolute atomic E-state index is 0.113. The first-order valence-corrected chi connectivity index (χ1v) is 7.00. The number of hydrogen-bond donors (Lipinski definition) is 1. The first-order valence-electron chi connectivity index (χ1n) is 7.00. The highest BCUT2D eigenvalue weighted by molar-refractivity contribution is 5.29. The van der Waals surface area contributed by atoms with Gasteiger partial charge in [0.1, 0.15) is 5.82 Å². The van der Waals surface area contributed by atoms with Crippen LogP contribution < -0.4 is 5.32 Å². The van der Waals surface area contributed by atoms with Crippen molar-refractivity contribution >= 4 is 0 Å². The minimum Gasteiger partial charge on any atom is -0.310 e. The summed E-state index contributed by atoms with van der Waals surface area (Å²) in [5, 5.41) is 3.13. The maximum absolute atomic E-state index is 13.9. The van der Waals surface area contributed by atoms with Gasteiger partial charge in [0.25, 0.3) is 0 Å². The van der Waals surface area contributed by atoms with E-state index in [2.05, 4.69) is 5.32 Å². The molecular formula is C15H21F4N. The van der Waals surface area contributed by atoms with Crippen molar-refractivity contribution in [2.75, 3.05) is 6.54 Å². The van der Waals surface area contributed by atoms with Crippen molar-refractivity contribution in [2.45, 2.75) is 51.7 Å². The van der Waals surface area contributed by atoms with Crippen molar-refractivity contribution in [3.8, 4) is 0 Å². The van der Waals surface area contributed by atoms with E-state index in [1.165, 1.54) is 0 Å². The molecule has 1 N–H and O–H groups in total. The van der Waals surface area contributed by atoms with Crippen LogP contribution in [-0.4, -0.2) is 6.54 Å². The van der Waals surface area contributed by atoms with Gasteiger partial charge in [0.2, 0.25) is 0 Å². The maximum atomic E-state index is 13.9. The van der Waals surface area contributed by atoms with Gasteiger partial charge in [-0.1, -0.05) is 26.7 Å². The summed E-state index contributed by atoms with van der Waals surface area (Å²) >= 11 is 0. The molecule has 0 fully saturated rings. The van der Waals surface area contributed by atoms with Crippen LogP contribution in [0.3, 0.4) is 0 Å². The molecule has 0 aromatic heterocycles. The lowest BCUT2D eigenvalue weighted by atomic mass is 9.98. The lowest BCUT2D eigenvalue weighted by Crippen LogP contribution is -2.23. The summed E-state index contributed by atoms with van der Waals surface area (Å²) in [6.07, 6.45) is -1.19. The lowest BCUT2D eigenvalue weighted by molar-refractivity contribution is -0.137.